The fourth-order valence-corrected chi connectivity index (χ4v) is 0.612. The van der Waals surface area contributed by atoms with Crippen LogP contribution in [-0.4, -0.2) is 17.5 Å². The minimum atomic E-state index is -0.121. The standard InChI is InChI=1S/C6H7NO/c8-5-7-6-3-1-2-4-6/h8H,1,3,5H2. The van der Waals surface area contributed by atoms with E-state index in [1.54, 1.807) is 0 Å². The second kappa shape index (κ2) is 2.49. The topological polar surface area (TPSA) is 32.6 Å². The lowest BCUT2D eigenvalue weighted by Gasteiger charge is -1.84. The van der Waals surface area contributed by atoms with E-state index < -0.39 is 0 Å². The average Bonchev–Trinajstić information content (AvgIpc) is 2.19. The Morgan fingerprint density at radius 3 is 3.12 bits per heavy atom. The van der Waals surface area contributed by atoms with Gasteiger partial charge in [-0.15, -0.1) is 0 Å². The van der Waals surface area contributed by atoms with E-state index in [4.69, 9.17) is 5.11 Å². The quantitative estimate of drug-likeness (QED) is 0.478. The summed E-state index contributed by atoms with van der Waals surface area (Å²) in [6.45, 7) is -0.121. The SMILES string of the molecule is OCN=C1C#CCC1. The van der Waals surface area contributed by atoms with Gasteiger partial charge in [0.05, 0.1) is 5.71 Å². The molecule has 0 atom stereocenters. The molecule has 1 aliphatic rings. The summed E-state index contributed by atoms with van der Waals surface area (Å²) in [5.74, 6) is 5.66. The van der Waals surface area contributed by atoms with Crippen molar-refractivity contribution in [1.29, 1.82) is 0 Å². The van der Waals surface area contributed by atoms with Gasteiger partial charge < -0.3 is 5.11 Å². The van der Waals surface area contributed by atoms with E-state index in [0.717, 1.165) is 18.6 Å². The van der Waals surface area contributed by atoms with Crippen molar-refractivity contribution in [3.05, 3.63) is 0 Å². The van der Waals surface area contributed by atoms with Crippen LogP contribution in [0, 0.1) is 11.8 Å². The first kappa shape index (κ1) is 5.33. The lowest BCUT2D eigenvalue weighted by atomic mass is 10.3. The van der Waals surface area contributed by atoms with Gasteiger partial charge in [0.25, 0.3) is 0 Å². The van der Waals surface area contributed by atoms with Gasteiger partial charge >= 0.3 is 0 Å². The van der Waals surface area contributed by atoms with Gasteiger partial charge in [-0.2, -0.15) is 0 Å². The Labute approximate surface area is 48.2 Å². The van der Waals surface area contributed by atoms with E-state index in [1.807, 2.05) is 0 Å². The molecular formula is C6H7NO. The molecule has 0 unspecified atom stereocenters. The molecule has 0 fully saturated rings. The monoisotopic (exact) mass is 109 g/mol. The zero-order valence-corrected chi connectivity index (χ0v) is 4.52. The highest BCUT2D eigenvalue weighted by atomic mass is 16.3. The van der Waals surface area contributed by atoms with Crippen molar-refractivity contribution in [3.8, 4) is 11.8 Å². The van der Waals surface area contributed by atoms with E-state index in [0.29, 0.717) is 0 Å². The molecule has 2 nitrogen and oxygen atoms in total. The molecule has 0 bridgehead atoms. The van der Waals surface area contributed by atoms with Gasteiger partial charge in [0.15, 0.2) is 0 Å². The van der Waals surface area contributed by atoms with Gasteiger partial charge in [0.1, 0.15) is 6.73 Å². The van der Waals surface area contributed by atoms with Crippen LogP contribution in [-0.2, 0) is 0 Å². The third-order valence-electron chi connectivity index (χ3n) is 0.981. The van der Waals surface area contributed by atoms with E-state index in [1.165, 1.54) is 0 Å². The third kappa shape index (κ3) is 1.08. The largest absolute Gasteiger partial charge is 0.375 e. The van der Waals surface area contributed by atoms with Gasteiger partial charge in [-0.25, -0.2) is 0 Å². The number of hydrogen-bond donors (Lipinski definition) is 1. The Kier molecular flexibility index (Phi) is 1.66. The van der Waals surface area contributed by atoms with Crippen LogP contribution in [0.25, 0.3) is 0 Å². The van der Waals surface area contributed by atoms with Gasteiger partial charge in [0.2, 0.25) is 0 Å². The van der Waals surface area contributed by atoms with Crippen molar-refractivity contribution in [1.82, 2.24) is 0 Å². The lowest BCUT2D eigenvalue weighted by Crippen LogP contribution is -1.89. The maximum Gasteiger partial charge on any atom is 0.135 e. The van der Waals surface area contributed by atoms with E-state index >= 15 is 0 Å². The van der Waals surface area contributed by atoms with Crippen molar-refractivity contribution < 1.29 is 5.11 Å². The second-order valence-electron chi connectivity index (χ2n) is 1.55. The fourth-order valence-electron chi connectivity index (χ4n) is 0.612. The number of rotatable bonds is 1. The van der Waals surface area contributed by atoms with Crippen molar-refractivity contribution in [3.63, 3.8) is 0 Å². The summed E-state index contributed by atoms with van der Waals surface area (Å²) in [4.78, 5) is 3.72. The van der Waals surface area contributed by atoms with Gasteiger partial charge in [-0.3, -0.25) is 4.99 Å². The Hall–Kier alpha value is -0.810. The number of hydrogen-bond acceptors (Lipinski definition) is 2. The molecule has 0 heterocycles. The Morgan fingerprint density at radius 2 is 2.62 bits per heavy atom. The molecule has 0 saturated heterocycles. The first-order chi connectivity index (χ1) is 3.93. The molecule has 1 rings (SSSR count). The summed E-state index contributed by atoms with van der Waals surface area (Å²) in [5, 5.41) is 8.27. The molecule has 0 aromatic heterocycles. The summed E-state index contributed by atoms with van der Waals surface area (Å²) in [5.41, 5.74) is 0.840. The fraction of sp³-hybridized carbons (Fsp3) is 0.500. The minimum Gasteiger partial charge on any atom is -0.375 e. The zero-order chi connectivity index (χ0) is 5.82. The second-order valence-corrected chi connectivity index (χ2v) is 1.55. The van der Waals surface area contributed by atoms with Crippen molar-refractivity contribution in [2.75, 3.05) is 6.73 Å². The predicted octanol–water partition coefficient (Wildman–Crippen LogP) is 0.174. The summed E-state index contributed by atoms with van der Waals surface area (Å²) in [7, 11) is 0. The number of aliphatic hydroxyl groups excluding tert-OH is 1. The molecule has 2 heteroatoms. The number of nitrogens with zero attached hydrogens (tertiary/aromatic N) is 1. The molecule has 0 spiro atoms. The Morgan fingerprint density at radius 1 is 1.75 bits per heavy atom. The summed E-state index contributed by atoms with van der Waals surface area (Å²) in [6.07, 6.45) is 1.79. The molecule has 8 heavy (non-hydrogen) atoms. The molecular weight excluding hydrogens is 102 g/mol. The van der Waals surface area contributed by atoms with Crippen LogP contribution in [0.2, 0.25) is 0 Å². The molecule has 0 saturated carbocycles. The lowest BCUT2D eigenvalue weighted by molar-refractivity contribution is 0.309. The van der Waals surface area contributed by atoms with Gasteiger partial charge in [-0.05, 0) is 0 Å². The van der Waals surface area contributed by atoms with E-state index in [2.05, 4.69) is 16.8 Å². The van der Waals surface area contributed by atoms with Crippen LogP contribution < -0.4 is 0 Å². The maximum atomic E-state index is 8.27. The average molecular weight is 109 g/mol. The first-order valence-electron chi connectivity index (χ1n) is 2.56. The Bertz CT molecular complexity index is 161. The molecule has 1 aliphatic carbocycles. The molecule has 42 valence electrons. The Balaban J connectivity index is 2.51. The van der Waals surface area contributed by atoms with Crippen molar-refractivity contribution in [2.24, 2.45) is 4.99 Å². The summed E-state index contributed by atoms with van der Waals surface area (Å²) >= 11 is 0. The molecule has 0 aromatic rings. The van der Waals surface area contributed by atoms with Crippen LogP contribution in [0.1, 0.15) is 12.8 Å². The van der Waals surface area contributed by atoms with Crippen LogP contribution >= 0.6 is 0 Å². The highest BCUT2D eigenvalue weighted by Crippen LogP contribution is 1.97. The van der Waals surface area contributed by atoms with Crippen molar-refractivity contribution in [2.45, 2.75) is 12.8 Å². The molecule has 1 N–H and O–H groups in total. The van der Waals surface area contributed by atoms with Crippen LogP contribution in [0.4, 0.5) is 0 Å². The smallest absolute Gasteiger partial charge is 0.135 e. The predicted molar refractivity (Wildman–Crippen MR) is 31.5 cm³/mol. The highest BCUT2D eigenvalue weighted by Gasteiger charge is 1.96. The molecule has 0 aliphatic heterocycles. The maximum absolute atomic E-state index is 8.27. The third-order valence-corrected chi connectivity index (χ3v) is 0.981. The van der Waals surface area contributed by atoms with Gasteiger partial charge in [-0.1, -0.05) is 11.8 Å². The molecule has 0 aromatic carbocycles. The first-order valence-corrected chi connectivity index (χ1v) is 2.56. The van der Waals surface area contributed by atoms with Gasteiger partial charge in [0, 0.05) is 12.8 Å². The summed E-state index contributed by atoms with van der Waals surface area (Å²) in [6, 6.07) is 0. The normalized spacial score (nSPS) is 20.9. The zero-order valence-electron chi connectivity index (χ0n) is 4.52. The minimum absolute atomic E-state index is 0.121. The van der Waals surface area contributed by atoms with Crippen LogP contribution in [0.5, 0.6) is 0 Å². The van der Waals surface area contributed by atoms with Crippen molar-refractivity contribution >= 4 is 5.71 Å². The molecule has 0 radical (unpaired) electrons. The molecule has 0 amide bonds. The number of aliphatic hydroxyl groups is 1. The van der Waals surface area contributed by atoms with E-state index in [-0.39, 0.29) is 6.73 Å². The van der Waals surface area contributed by atoms with Crippen LogP contribution in [0.3, 0.4) is 0 Å². The van der Waals surface area contributed by atoms with E-state index in [9.17, 15) is 0 Å². The summed E-state index contributed by atoms with van der Waals surface area (Å²) < 4.78 is 0. The van der Waals surface area contributed by atoms with Crippen LogP contribution in [0.15, 0.2) is 4.99 Å². The number of aliphatic imine (C=N–C) groups is 1. The highest BCUT2D eigenvalue weighted by molar-refractivity contribution is 6.02.